The van der Waals surface area contributed by atoms with Crippen LogP contribution in [0.15, 0.2) is 30.3 Å². The summed E-state index contributed by atoms with van der Waals surface area (Å²) >= 11 is 0. The molecule has 1 N–H and O–H groups in total. The normalized spacial score (nSPS) is 23.1. The van der Waals surface area contributed by atoms with E-state index in [0.717, 1.165) is 25.2 Å². The summed E-state index contributed by atoms with van der Waals surface area (Å²) in [5, 5.41) is 9.55. The van der Waals surface area contributed by atoms with Crippen molar-refractivity contribution in [2.24, 2.45) is 0 Å². The van der Waals surface area contributed by atoms with E-state index in [-0.39, 0.29) is 12.5 Å². The van der Waals surface area contributed by atoms with Gasteiger partial charge in [-0.25, -0.2) is 4.79 Å². The highest BCUT2D eigenvalue weighted by Crippen LogP contribution is 2.37. The minimum atomic E-state index is -0.983. The van der Waals surface area contributed by atoms with Crippen LogP contribution >= 0.6 is 0 Å². The highest BCUT2D eigenvalue weighted by Gasteiger charge is 2.53. The average molecular weight is 346 g/mol. The van der Waals surface area contributed by atoms with Gasteiger partial charge in [-0.05, 0) is 18.5 Å². The smallest absolute Gasteiger partial charge is 0.328 e. The van der Waals surface area contributed by atoms with E-state index in [4.69, 9.17) is 4.74 Å². The molecule has 1 spiro atoms. The molecule has 3 rings (SSSR count). The molecule has 0 aliphatic carbocycles. The number of nitrogens with zero attached hydrogens (tertiary/aromatic N) is 2. The summed E-state index contributed by atoms with van der Waals surface area (Å²) in [6, 6.07) is 8.92. The van der Waals surface area contributed by atoms with Gasteiger partial charge in [0.25, 0.3) is 0 Å². The Morgan fingerprint density at radius 2 is 1.92 bits per heavy atom. The summed E-state index contributed by atoms with van der Waals surface area (Å²) in [6.45, 7) is 4.80. The van der Waals surface area contributed by atoms with Crippen LogP contribution in [0.4, 0.5) is 0 Å². The van der Waals surface area contributed by atoms with Crippen molar-refractivity contribution in [2.45, 2.75) is 44.4 Å². The third kappa shape index (κ3) is 3.70. The van der Waals surface area contributed by atoms with Crippen molar-refractivity contribution in [1.82, 2.24) is 9.80 Å². The largest absolute Gasteiger partial charge is 0.480 e. The Hall–Kier alpha value is -1.92. The van der Waals surface area contributed by atoms with Gasteiger partial charge in [0.1, 0.15) is 5.72 Å². The lowest BCUT2D eigenvalue weighted by molar-refractivity contribution is -0.165. The number of rotatable bonds is 5. The standard InChI is InChI=1S/C19H26N2O4/c1-2-20-12-10-19(11-13-20)21(16(14-25-19)18(23)24)17(22)9-8-15-6-4-3-5-7-15/h3-7,16H,2,8-14H2,1H3,(H,23,24). The van der Waals surface area contributed by atoms with Crippen molar-refractivity contribution in [3.8, 4) is 0 Å². The zero-order chi connectivity index (χ0) is 17.9. The van der Waals surface area contributed by atoms with Gasteiger partial charge in [-0.1, -0.05) is 37.3 Å². The molecular formula is C19H26N2O4. The maximum Gasteiger partial charge on any atom is 0.328 e. The molecule has 2 aliphatic heterocycles. The van der Waals surface area contributed by atoms with Crippen LogP contribution in [0.5, 0.6) is 0 Å². The van der Waals surface area contributed by atoms with Gasteiger partial charge in [-0.2, -0.15) is 0 Å². The lowest BCUT2D eigenvalue weighted by Crippen LogP contribution is -2.58. The van der Waals surface area contributed by atoms with E-state index >= 15 is 0 Å². The lowest BCUT2D eigenvalue weighted by atomic mass is 9.97. The van der Waals surface area contributed by atoms with E-state index in [2.05, 4.69) is 11.8 Å². The first-order valence-electron chi connectivity index (χ1n) is 9.01. The third-order valence-corrected chi connectivity index (χ3v) is 5.37. The van der Waals surface area contributed by atoms with Gasteiger partial charge in [-0.15, -0.1) is 0 Å². The fraction of sp³-hybridized carbons (Fsp3) is 0.579. The van der Waals surface area contributed by atoms with Gasteiger partial charge in [-0.3, -0.25) is 9.69 Å². The second-order valence-corrected chi connectivity index (χ2v) is 6.79. The first-order valence-corrected chi connectivity index (χ1v) is 9.01. The SMILES string of the molecule is CCN1CCC2(CC1)OCC(C(=O)O)N2C(=O)CCc1ccccc1. The molecule has 1 amide bonds. The number of carboxylic acid groups (broad SMARTS) is 1. The van der Waals surface area contributed by atoms with E-state index in [9.17, 15) is 14.7 Å². The molecule has 0 saturated carbocycles. The number of amides is 1. The van der Waals surface area contributed by atoms with Crippen LogP contribution in [0.2, 0.25) is 0 Å². The van der Waals surface area contributed by atoms with Crippen molar-refractivity contribution in [2.75, 3.05) is 26.2 Å². The number of likely N-dealkylation sites (tertiary alicyclic amines) is 1. The van der Waals surface area contributed by atoms with Crippen LogP contribution in [-0.4, -0.2) is 64.8 Å². The number of piperidine rings is 1. The van der Waals surface area contributed by atoms with Crippen LogP contribution in [0, 0.1) is 0 Å². The number of hydrogen-bond donors (Lipinski definition) is 1. The molecule has 6 nitrogen and oxygen atoms in total. The van der Waals surface area contributed by atoms with Crippen molar-refractivity contribution in [3.63, 3.8) is 0 Å². The lowest BCUT2D eigenvalue weighted by Gasteiger charge is -2.44. The topological polar surface area (TPSA) is 70.1 Å². The van der Waals surface area contributed by atoms with Gasteiger partial charge < -0.3 is 14.7 Å². The Morgan fingerprint density at radius 1 is 1.24 bits per heavy atom. The second kappa shape index (κ2) is 7.54. The fourth-order valence-electron chi connectivity index (χ4n) is 3.87. The summed E-state index contributed by atoms with van der Waals surface area (Å²) in [6.07, 6.45) is 2.25. The Kier molecular flexibility index (Phi) is 5.39. The van der Waals surface area contributed by atoms with Crippen LogP contribution in [0.3, 0.4) is 0 Å². The summed E-state index contributed by atoms with van der Waals surface area (Å²) in [7, 11) is 0. The number of carboxylic acids is 1. The first kappa shape index (κ1) is 17.9. The summed E-state index contributed by atoms with van der Waals surface area (Å²) in [5.41, 5.74) is 0.334. The third-order valence-electron chi connectivity index (χ3n) is 5.37. The fourth-order valence-corrected chi connectivity index (χ4v) is 3.87. The molecule has 2 heterocycles. The average Bonchev–Trinajstić information content (AvgIpc) is 3.00. The molecule has 136 valence electrons. The van der Waals surface area contributed by atoms with E-state index in [0.29, 0.717) is 25.7 Å². The predicted molar refractivity (Wildman–Crippen MR) is 93.1 cm³/mol. The van der Waals surface area contributed by atoms with Crippen LogP contribution in [0.1, 0.15) is 31.7 Å². The molecule has 1 aromatic rings. The molecule has 0 radical (unpaired) electrons. The zero-order valence-electron chi connectivity index (χ0n) is 14.7. The molecule has 0 bridgehead atoms. The molecular weight excluding hydrogens is 320 g/mol. The molecule has 25 heavy (non-hydrogen) atoms. The number of carbonyl (C=O) groups excluding carboxylic acids is 1. The number of hydrogen-bond acceptors (Lipinski definition) is 4. The Balaban J connectivity index is 1.73. The molecule has 2 aliphatic rings. The molecule has 1 atom stereocenters. The summed E-state index contributed by atoms with van der Waals surface area (Å²) < 4.78 is 5.93. The Bertz CT molecular complexity index is 611. The van der Waals surface area contributed by atoms with Gasteiger partial charge >= 0.3 is 5.97 Å². The molecule has 1 unspecified atom stereocenters. The molecule has 6 heteroatoms. The monoisotopic (exact) mass is 346 g/mol. The van der Waals surface area contributed by atoms with Gasteiger partial charge in [0, 0.05) is 32.4 Å². The highest BCUT2D eigenvalue weighted by molar-refractivity contribution is 5.85. The second-order valence-electron chi connectivity index (χ2n) is 6.79. The first-order chi connectivity index (χ1) is 12.1. The van der Waals surface area contributed by atoms with Crippen molar-refractivity contribution >= 4 is 11.9 Å². The van der Waals surface area contributed by atoms with Gasteiger partial charge in [0.15, 0.2) is 6.04 Å². The Morgan fingerprint density at radius 3 is 2.52 bits per heavy atom. The molecule has 0 aromatic heterocycles. The van der Waals surface area contributed by atoms with Crippen molar-refractivity contribution < 1.29 is 19.4 Å². The molecule has 1 aromatic carbocycles. The maximum atomic E-state index is 12.9. The highest BCUT2D eigenvalue weighted by atomic mass is 16.5. The number of ether oxygens (including phenoxy) is 1. The number of carbonyl (C=O) groups is 2. The minimum absolute atomic E-state index is 0.0819. The quantitative estimate of drug-likeness (QED) is 0.879. The van der Waals surface area contributed by atoms with E-state index in [1.165, 1.54) is 4.90 Å². The summed E-state index contributed by atoms with van der Waals surface area (Å²) in [5.74, 6) is -1.11. The number of benzene rings is 1. The minimum Gasteiger partial charge on any atom is -0.480 e. The van der Waals surface area contributed by atoms with Crippen LogP contribution < -0.4 is 0 Å². The zero-order valence-corrected chi connectivity index (χ0v) is 14.7. The van der Waals surface area contributed by atoms with Crippen molar-refractivity contribution in [1.29, 1.82) is 0 Å². The summed E-state index contributed by atoms with van der Waals surface area (Å²) in [4.78, 5) is 28.4. The van der Waals surface area contributed by atoms with Crippen LogP contribution in [0.25, 0.3) is 0 Å². The molecule has 2 fully saturated rings. The van der Waals surface area contributed by atoms with E-state index < -0.39 is 17.7 Å². The van der Waals surface area contributed by atoms with Gasteiger partial charge in [0.05, 0.1) is 6.61 Å². The van der Waals surface area contributed by atoms with E-state index in [1.807, 2.05) is 30.3 Å². The van der Waals surface area contributed by atoms with Crippen LogP contribution in [-0.2, 0) is 20.7 Å². The van der Waals surface area contributed by atoms with E-state index in [1.54, 1.807) is 0 Å². The van der Waals surface area contributed by atoms with Crippen molar-refractivity contribution in [3.05, 3.63) is 35.9 Å². The number of aryl methyl sites for hydroxylation is 1. The Labute approximate surface area is 148 Å². The maximum absolute atomic E-state index is 12.9. The number of aliphatic carboxylic acids is 1. The van der Waals surface area contributed by atoms with Gasteiger partial charge in [0.2, 0.25) is 5.91 Å². The molecule has 2 saturated heterocycles. The predicted octanol–water partition coefficient (Wildman–Crippen LogP) is 1.74.